The fourth-order valence-electron chi connectivity index (χ4n) is 0.983. The molecule has 0 amide bonds. The van der Waals surface area contributed by atoms with E-state index in [0.717, 1.165) is 5.56 Å². The van der Waals surface area contributed by atoms with E-state index in [1.807, 2.05) is 0 Å². The van der Waals surface area contributed by atoms with Crippen molar-refractivity contribution in [1.82, 2.24) is 0 Å². The van der Waals surface area contributed by atoms with Crippen molar-refractivity contribution >= 4 is 17.4 Å². The third-order valence-corrected chi connectivity index (χ3v) is 2.25. The van der Waals surface area contributed by atoms with Crippen LogP contribution in [0, 0.1) is 0 Å². The average Bonchev–Trinajstić information content (AvgIpc) is 2.08. The fourth-order valence-corrected chi connectivity index (χ4v) is 1.16. The fraction of sp³-hybridized carbons (Fsp3) is 0.300. The minimum Gasteiger partial charge on any atom is -0.508 e. The molecule has 0 aliphatic carbocycles. The third-order valence-electron chi connectivity index (χ3n) is 1.79. The molecule has 0 fully saturated rings. The van der Waals surface area contributed by atoms with Crippen LogP contribution in [0.25, 0.3) is 0 Å². The Balaban J connectivity index is 2.64. The molecule has 0 radical (unpaired) electrons. The summed E-state index contributed by atoms with van der Waals surface area (Å²) in [4.78, 5) is 10.8. The molecule has 1 N–H and O–H groups in total. The van der Waals surface area contributed by atoms with E-state index in [1.165, 1.54) is 6.92 Å². The number of carbonyl (C=O) groups excluding carboxylic acids is 1. The molecule has 0 spiro atoms. The maximum Gasteiger partial charge on any atom is 0.147 e. The number of phenols is 1. The molecule has 13 heavy (non-hydrogen) atoms. The summed E-state index contributed by atoms with van der Waals surface area (Å²) in [6, 6.07) is 6.68. The summed E-state index contributed by atoms with van der Waals surface area (Å²) in [5.74, 6) is 0.187. The normalized spacial score (nSPS) is 12.5. The van der Waals surface area contributed by atoms with Crippen LogP contribution in [-0.2, 0) is 11.2 Å². The molecule has 1 atom stereocenters. The van der Waals surface area contributed by atoms with Gasteiger partial charge in [-0.15, -0.1) is 11.6 Å². The molecular formula is C10H11ClO2. The summed E-state index contributed by atoms with van der Waals surface area (Å²) in [7, 11) is 0. The highest BCUT2D eigenvalue weighted by molar-refractivity contribution is 6.30. The van der Waals surface area contributed by atoms with Gasteiger partial charge in [-0.1, -0.05) is 12.1 Å². The Bertz CT molecular complexity index is 292. The molecule has 1 unspecified atom stereocenters. The molecule has 0 saturated heterocycles. The van der Waals surface area contributed by atoms with Crippen molar-refractivity contribution in [1.29, 1.82) is 0 Å². The van der Waals surface area contributed by atoms with Crippen molar-refractivity contribution in [2.24, 2.45) is 0 Å². The Morgan fingerprint density at radius 3 is 2.46 bits per heavy atom. The molecule has 70 valence electrons. The number of ketones is 1. The van der Waals surface area contributed by atoms with Crippen LogP contribution in [0.15, 0.2) is 24.3 Å². The average molecular weight is 199 g/mol. The van der Waals surface area contributed by atoms with E-state index in [-0.39, 0.29) is 11.5 Å². The first kappa shape index (κ1) is 10.1. The minimum absolute atomic E-state index is 0.0326. The van der Waals surface area contributed by atoms with Crippen molar-refractivity contribution < 1.29 is 9.90 Å². The molecule has 0 saturated carbocycles. The molecule has 1 aromatic rings. The number of benzene rings is 1. The number of hydrogen-bond donors (Lipinski definition) is 1. The van der Waals surface area contributed by atoms with Gasteiger partial charge in [0.1, 0.15) is 11.5 Å². The lowest BCUT2D eigenvalue weighted by atomic mass is 10.1. The Morgan fingerprint density at radius 1 is 1.46 bits per heavy atom. The Morgan fingerprint density at radius 2 is 2.00 bits per heavy atom. The second-order valence-corrected chi connectivity index (χ2v) is 3.48. The van der Waals surface area contributed by atoms with E-state index in [0.29, 0.717) is 6.42 Å². The smallest absolute Gasteiger partial charge is 0.147 e. The van der Waals surface area contributed by atoms with E-state index >= 15 is 0 Å². The largest absolute Gasteiger partial charge is 0.508 e. The number of aromatic hydroxyl groups is 1. The Hall–Kier alpha value is -1.02. The Labute approximate surface area is 82.2 Å². The van der Waals surface area contributed by atoms with E-state index in [1.54, 1.807) is 24.3 Å². The molecule has 0 heterocycles. The first-order valence-corrected chi connectivity index (χ1v) is 4.45. The maximum absolute atomic E-state index is 10.8. The number of halogens is 1. The van der Waals surface area contributed by atoms with Gasteiger partial charge < -0.3 is 5.11 Å². The first-order valence-electron chi connectivity index (χ1n) is 4.02. The molecule has 3 heteroatoms. The van der Waals surface area contributed by atoms with Gasteiger partial charge in [-0.05, 0) is 31.0 Å². The van der Waals surface area contributed by atoms with Gasteiger partial charge >= 0.3 is 0 Å². The SMILES string of the molecule is CC(=O)C(Cl)Cc1ccc(O)cc1. The monoisotopic (exact) mass is 198 g/mol. The lowest BCUT2D eigenvalue weighted by molar-refractivity contribution is -0.116. The summed E-state index contributed by atoms with van der Waals surface area (Å²) in [5.41, 5.74) is 0.952. The molecule has 0 bridgehead atoms. The van der Waals surface area contributed by atoms with Crippen LogP contribution >= 0.6 is 11.6 Å². The van der Waals surface area contributed by atoms with Crippen LogP contribution in [0.4, 0.5) is 0 Å². The highest BCUT2D eigenvalue weighted by Gasteiger charge is 2.10. The van der Waals surface area contributed by atoms with Crippen LogP contribution in [0.2, 0.25) is 0 Å². The van der Waals surface area contributed by atoms with Gasteiger partial charge in [-0.3, -0.25) is 4.79 Å². The van der Waals surface area contributed by atoms with Gasteiger partial charge in [0, 0.05) is 0 Å². The lowest BCUT2D eigenvalue weighted by Gasteiger charge is -2.04. The molecule has 0 aliphatic rings. The Kier molecular flexibility index (Phi) is 3.32. The van der Waals surface area contributed by atoms with Crippen molar-refractivity contribution in [3.8, 4) is 5.75 Å². The van der Waals surface area contributed by atoms with Crippen LogP contribution < -0.4 is 0 Å². The van der Waals surface area contributed by atoms with Crippen molar-refractivity contribution in [2.45, 2.75) is 18.7 Å². The number of alkyl halides is 1. The standard InChI is InChI=1S/C10H11ClO2/c1-7(12)10(11)6-8-2-4-9(13)5-3-8/h2-5,10,13H,6H2,1H3. The van der Waals surface area contributed by atoms with Gasteiger partial charge in [0.25, 0.3) is 0 Å². The number of phenolic OH excluding ortho intramolecular Hbond substituents is 1. The summed E-state index contributed by atoms with van der Waals surface area (Å²) in [6.45, 7) is 1.47. The van der Waals surface area contributed by atoms with Gasteiger partial charge in [0.15, 0.2) is 0 Å². The summed E-state index contributed by atoms with van der Waals surface area (Å²) in [5, 5.41) is 8.53. The predicted molar refractivity (Wildman–Crippen MR) is 52.1 cm³/mol. The predicted octanol–water partition coefficient (Wildman–Crippen LogP) is 2.13. The molecule has 1 rings (SSSR count). The van der Waals surface area contributed by atoms with Crippen molar-refractivity contribution in [3.05, 3.63) is 29.8 Å². The van der Waals surface area contributed by atoms with Crippen LogP contribution in [0.3, 0.4) is 0 Å². The number of carbonyl (C=O) groups is 1. The van der Waals surface area contributed by atoms with Gasteiger partial charge in [-0.2, -0.15) is 0 Å². The van der Waals surface area contributed by atoms with Crippen LogP contribution in [0.1, 0.15) is 12.5 Å². The zero-order valence-corrected chi connectivity index (χ0v) is 8.08. The van der Waals surface area contributed by atoms with Crippen LogP contribution in [-0.4, -0.2) is 16.3 Å². The summed E-state index contributed by atoms with van der Waals surface area (Å²) in [6.07, 6.45) is 0.511. The van der Waals surface area contributed by atoms with Crippen LogP contribution in [0.5, 0.6) is 5.75 Å². The topological polar surface area (TPSA) is 37.3 Å². The minimum atomic E-state index is -0.468. The zero-order valence-electron chi connectivity index (χ0n) is 7.33. The molecule has 2 nitrogen and oxygen atoms in total. The van der Waals surface area contributed by atoms with E-state index < -0.39 is 5.38 Å². The van der Waals surface area contributed by atoms with E-state index in [9.17, 15) is 4.79 Å². The highest BCUT2D eigenvalue weighted by atomic mass is 35.5. The zero-order chi connectivity index (χ0) is 9.84. The van der Waals surface area contributed by atoms with Gasteiger partial charge in [-0.25, -0.2) is 0 Å². The number of Topliss-reactive ketones (excluding diaryl/α,β-unsaturated/α-hetero) is 1. The molecule has 0 aliphatic heterocycles. The second kappa shape index (κ2) is 4.28. The number of rotatable bonds is 3. The van der Waals surface area contributed by atoms with Crippen molar-refractivity contribution in [3.63, 3.8) is 0 Å². The van der Waals surface area contributed by atoms with Gasteiger partial charge in [0.2, 0.25) is 0 Å². The lowest BCUT2D eigenvalue weighted by Crippen LogP contribution is -2.12. The third kappa shape index (κ3) is 3.07. The first-order chi connectivity index (χ1) is 6.09. The second-order valence-electron chi connectivity index (χ2n) is 2.95. The molecular weight excluding hydrogens is 188 g/mol. The highest BCUT2D eigenvalue weighted by Crippen LogP contribution is 2.13. The van der Waals surface area contributed by atoms with Gasteiger partial charge in [0.05, 0.1) is 5.38 Å². The van der Waals surface area contributed by atoms with Crippen molar-refractivity contribution in [2.75, 3.05) is 0 Å². The summed E-state index contributed by atoms with van der Waals surface area (Å²) >= 11 is 5.78. The number of hydrogen-bond acceptors (Lipinski definition) is 2. The molecule has 1 aromatic carbocycles. The van der Waals surface area contributed by atoms with E-state index in [4.69, 9.17) is 16.7 Å². The maximum atomic E-state index is 10.8. The summed E-state index contributed by atoms with van der Waals surface area (Å²) < 4.78 is 0. The quantitative estimate of drug-likeness (QED) is 0.756. The van der Waals surface area contributed by atoms with E-state index in [2.05, 4.69) is 0 Å². The molecule has 0 aromatic heterocycles.